The molecule has 3 nitrogen and oxygen atoms in total. The third-order valence-electron chi connectivity index (χ3n) is 3.26. The molecular formula is C13H21ClN2O. The van der Waals surface area contributed by atoms with Crippen molar-refractivity contribution in [2.75, 3.05) is 12.4 Å². The number of nitrogens with zero attached hydrogens (tertiary/aromatic N) is 2. The molecule has 0 N–H and O–H groups in total. The molecule has 0 aromatic rings. The van der Waals surface area contributed by atoms with Crippen LogP contribution in [-0.4, -0.2) is 34.6 Å². The van der Waals surface area contributed by atoms with Gasteiger partial charge in [0.25, 0.3) is 5.91 Å². The molecule has 1 rings (SSSR count). The molecule has 0 bridgehead atoms. The van der Waals surface area contributed by atoms with Crippen molar-refractivity contribution < 1.29 is 4.79 Å². The van der Waals surface area contributed by atoms with Gasteiger partial charge in [-0.1, -0.05) is 20.4 Å². The van der Waals surface area contributed by atoms with Crippen molar-refractivity contribution >= 4 is 23.3 Å². The number of aliphatic imine (C=N–C) groups is 1. The Bertz CT molecular complexity index is 358. The van der Waals surface area contributed by atoms with Crippen molar-refractivity contribution in [2.45, 2.75) is 39.7 Å². The highest BCUT2D eigenvalue weighted by Gasteiger charge is 2.38. The van der Waals surface area contributed by atoms with Gasteiger partial charge in [-0.3, -0.25) is 4.79 Å². The second-order valence-corrected chi connectivity index (χ2v) is 5.61. The van der Waals surface area contributed by atoms with Crippen molar-refractivity contribution in [3.63, 3.8) is 0 Å². The lowest BCUT2D eigenvalue weighted by Gasteiger charge is -2.44. The largest absolute Gasteiger partial charge is 0.350 e. The molecule has 17 heavy (non-hydrogen) atoms. The lowest BCUT2D eigenvalue weighted by molar-refractivity contribution is -0.116. The first-order valence-electron chi connectivity index (χ1n) is 5.95. The minimum absolute atomic E-state index is 0.244. The third-order valence-corrected chi connectivity index (χ3v) is 3.50. The molecule has 0 saturated carbocycles. The number of hydrogen-bond acceptors (Lipinski definition) is 2. The number of alkyl halides is 1. The standard InChI is InChI=1S/C13H21ClN2O/c1-9(2)6-7-16-11(8-14)15-12(17)10(3)13(16,4)5/h9H,3,6-8H2,1-2,4-5H3. The molecule has 0 unspecified atom stereocenters. The van der Waals surface area contributed by atoms with Crippen LogP contribution in [0.25, 0.3) is 0 Å². The Morgan fingerprint density at radius 2 is 2.06 bits per heavy atom. The number of amides is 1. The van der Waals surface area contributed by atoms with Crippen molar-refractivity contribution in [3.8, 4) is 0 Å². The average Bonchev–Trinajstić information content (AvgIpc) is 2.24. The van der Waals surface area contributed by atoms with Crippen LogP contribution in [0.5, 0.6) is 0 Å². The topological polar surface area (TPSA) is 32.7 Å². The van der Waals surface area contributed by atoms with Gasteiger partial charge in [0.05, 0.1) is 11.4 Å². The van der Waals surface area contributed by atoms with Gasteiger partial charge < -0.3 is 4.90 Å². The maximum Gasteiger partial charge on any atom is 0.276 e. The summed E-state index contributed by atoms with van der Waals surface area (Å²) in [6.45, 7) is 13.0. The Labute approximate surface area is 109 Å². The van der Waals surface area contributed by atoms with Crippen LogP contribution in [-0.2, 0) is 4.79 Å². The zero-order valence-electron chi connectivity index (χ0n) is 11.1. The fourth-order valence-electron chi connectivity index (χ4n) is 1.89. The Kier molecular flexibility index (Phi) is 4.36. The second kappa shape index (κ2) is 5.21. The number of rotatable bonds is 4. The summed E-state index contributed by atoms with van der Waals surface area (Å²) < 4.78 is 0. The average molecular weight is 257 g/mol. The summed E-state index contributed by atoms with van der Waals surface area (Å²) in [5, 5.41) is 0. The summed E-state index contributed by atoms with van der Waals surface area (Å²) in [5.41, 5.74) is 0.146. The Morgan fingerprint density at radius 3 is 2.53 bits per heavy atom. The molecule has 0 atom stereocenters. The van der Waals surface area contributed by atoms with E-state index in [1.807, 2.05) is 13.8 Å². The minimum atomic E-state index is -0.391. The van der Waals surface area contributed by atoms with E-state index in [1.165, 1.54) is 0 Å². The molecule has 1 aliphatic rings. The quantitative estimate of drug-likeness (QED) is 0.572. The third kappa shape index (κ3) is 2.89. The maximum absolute atomic E-state index is 11.7. The maximum atomic E-state index is 11.7. The number of carbonyl (C=O) groups is 1. The highest BCUT2D eigenvalue weighted by Crippen LogP contribution is 2.29. The van der Waals surface area contributed by atoms with Gasteiger partial charge in [-0.05, 0) is 26.2 Å². The number of amidine groups is 1. The molecule has 0 aliphatic carbocycles. The summed E-state index contributed by atoms with van der Waals surface area (Å²) in [5.74, 6) is 1.29. The van der Waals surface area contributed by atoms with E-state index < -0.39 is 5.54 Å². The van der Waals surface area contributed by atoms with Gasteiger partial charge in [0, 0.05) is 12.1 Å². The van der Waals surface area contributed by atoms with Crippen LogP contribution in [0.4, 0.5) is 0 Å². The number of carbonyl (C=O) groups excluding carboxylic acids is 1. The first-order chi connectivity index (χ1) is 7.80. The fourth-order valence-corrected chi connectivity index (χ4v) is 2.09. The molecule has 0 aromatic carbocycles. The van der Waals surface area contributed by atoms with Gasteiger partial charge in [-0.15, -0.1) is 11.6 Å². The summed E-state index contributed by atoms with van der Waals surface area (Å²) in [4.78, 5) is 17.8. The van der Waals surface area contributed by atoms with Crippen LogP contribution in [0.3, 0.4) is 0 Å². The predicted octanol–water partition coefficient (Wildman–Crippen LogP) is 2.85. The second-order valence-electron chi connectivity index (χ2n) is 5.34. The molecule has 4 heteroatoms. The van der Waals surface area contributed by atoms with E-state index in [4.69, 9.17) is 11.6 Å². The highest BCUT2D eigenvalue weighted by atomic mass is 35.5. The van der Waals surface area contributed by atoms with Crippen LogP contribution in [0.1, 0.15) is 34.1 Å². The Morgan fingerprint density at radius 1 is 1.47 bits per heavy atom. The fraction of sp³-hybridized carbons (Fsp3) is 0.692. The summed E-state index contributed by atoms with van der Waals surface area (Å²) in [7, 11) is 0. The van der Waals surface area contributed by atoms with Crippen LogP contribution in [0, 0.1) is 5.92 Å². The van der Waals surface area contributed by atoms with Crippen LogP contribution in [0.2, 0.25) is 0 Å². The van der Waals surface area contributed by atoms with Gasteiger partial charge in [0.1, 0.15) is 5.84 Å². The molecule has 0 aromatic heterocycles. The number of hydrogen-bond donors (Lipinski definition) is 0. The molecule has 96 valence electrons. The monoisotopic (exact) mass is 256 g/mol. The SMILES string of the molecule is C=C1C(=O)N=C(CCl)N(CCC(C)C)C1(C)C. The Hall–Kier alpha value is -0.830. The lowest BCUT2D eigenvalue weighted by Crippen LogP contribution is -2.54. The first kappa shape index (κ1) is 14.2. The summed E-state index contributed by atoms with van der Waals surface area (Å²) in [6, 6.07) is 0. The molecular weight excluding hydrogens is 236 g/mol. The molecule has 1 aliphatic heterocycles. The van der Waals surface area contributed by atoms with E-state index >= 15 is 0 Å². The van der Waals surface area contributed by atoms with Gasteiger partial charge in [-0.25, -0.2) is 0 Å². The van der Waals surface area contributed by atoms with Crippen LogP contribution >= 0.6 is 11.6 Å². The van der Waals surface area contributed by atoms with Crippen molar-refractivity contribution in [1.82, 2.24) is 4.90 Å². The van der Waals surface area contributed by atoms with Crippen molar-refractivity contribution in [1.29, 1.82) is 0 Å². The van der Waals surface area contributed by atoms with Gasteiger partial charge >= 0.3 is 0 Å². The van der Waals surface area contributed by atoms with Gasteiger partial charge in [-0.2, -0.15) is 4.99 Å². The minimum Gasteiger partial charge on any atom is -0.350 e. The zero-order valence-corrected chi connectivity index (χ0v) is 11.8. The Balaban J connectivity index is 3.00. The highest BCUT2D eigenvalue weighted by molar-refractivity contribution is 6.30. The zero-order chi connectivity index (χ0) is 13.2. The van der Waals surface area contributed by atoms with Crippen molar-refractivity contribution in [2.24, 2.45) is 10.9 Å². The summed E-state index contributed by atoms with van der Waals surface area (Å²) >= 11 is 5.88. The number of halogens is 1. The molecule has 0 spiro atoms. The van der Waals surface area contributed by atoms with Gasteiger partial charge in [0.2, 0.25) is 0 Å². The van der Waals surface area contributed by atoms with E-state index in [0.717, 1.165) is 13.0 Å². The van der Waals surface area contributed by atoms with E-state index in [0.29, 0.717) is 17.3 Å². The van der Waals surface area contributed by atoms with Gasteiger partial charge in [0.15, 0.2) is 0 Å². The summed E-state index contributed by atoms with van der Waals surface area (Å²) in [6.07, 6.45) is 1.04. The van der Waals surface area contributed by atoms with E-state index in [9.17, 15) is 4.79 Å². The van der Waals surface area contributed by atoms with Crippen molar-refractivity contribution in [3.05, 3.63) is 12.2 Å². The van der Waals surface area contributed by atoms with E-state index in [-0.39, 0.29) is 11.8 Å². The van der Waals surface area contributed by atoms with Crippen LogP contribution < -0.4 is 0 Å². The smallest absolute Gasteiger partial charge is 0.276 e. The molecule has 0 saturated heterocycles. The first-order valence-corrected chi connectivity index (χ1v) is 6.49. The normalized spacial score (nSPS) is 19.9. The van der Waals surface area contributed by atoms with E-state index in [1.54, 1.807) is 0 Å². The predicted molar refractivity (Wildman–Crippen MR) is 72.5 cm³/mol. The molecule has 1 heterocycles. The lowest BCUT2D eigenvalue weighted by atomic mass is 9.90. The molecule has 0 fully saturated rings. The van der Waals surface area contributed by atoms with E-state index in [2.05, 4.69) is 30.3 Å². The molecule has 1 amide bonds. The van der Waals surface area contributed by atoms with Crippen LogP contribution in [0.15, 0.2) is 17.1 Å². The molecule has 0 radical (unpaired) electrons.